The zero-order valence-corrected chi connectivity index (χ0v) is 17.1. The summed E-state index contributed by atoms with van der Waals surface area (Å²) in [6.45, 7) is 5.75. The highest BCUT2D eigenvalue weighted by molar-refractivity contribution is 7.89. The first-order chi connectivity index (χ1) is 12.8. The van der Waals surface area contributed by atoms with E-state index in [4.69, 9.17) is 4.74 Å². The van der Waals surface area contributed by atoms with Crippen LogP contribution < -0.4 is 10.1 Å². The maximum atomic E-state index is 12.4. The number of para-hydroxylation sites is 1. The van der Waals surface area contributed by atoms with Crippen LogP contribution in [0, 0.1) is 0 Å². The van der Waals surface area contributed by atoms with Gasteiger partial charge in [0.15, 0.2) is 11.2 Å². The van der Waals surface area contributed by atoms with Crippen molar-refractivity contribution in [3.05, 3.63) is 40.9 Å². The van der Waals surface area contributed by atoms with Crippen molar-refractivity contribution in [3.63, 3.8) is 0 Å². The number of sulfonamides is 1. The molecule has 1 aromatic heterocycles. The van der Waals surface area contributed by atoms with Gasteiger partial charge in [-0.3, -0.25) is 10.1 Å². The molecule has 3 rings (SSSR count). The molecule has 9 heteroatoms. The molecule has 0 radical (unpaired) electrons. The lowest BCUT2D eigenvalue weighted by molar-refractivity contribution is -0.122. The van der Waals surface area contributed by atoms with Gasteiger partial charge in [-0.2, -0.15) is 4.31 Å². The van der Waals surface area contributed by atoms with Gasteiger partial charge in [-0.25, -0.2) is 13.4 Å². The van der Waals surface area contributed by atoms with Crippen molar-refractivity contribution in [2.75, 3.05) is 11.9 Å². The Bertz CT molecular complexity index is 910. The van der Waals surface area contributed by atoms with Crippen molar-refractivity contribution < 1.29 is 17.9 Å². The number of hydrogen-bond donors (Lipinski definition) is 1. The molecule has 1 aliphatic rings. The van der Waals surface area contributed by atoms with Crippen LogP contribution in [0.25, 0.3) is 0 Å². The van der Waals surface area contributed by atoms with Crippen LogP contribution in [0.5, 0.6) is 5.75 Å². The summed E-state index contributed by atoms with van der Waals surface area (Å²) < 4.78 is 31.8. The number of amides is 1. The summed E-state index contributed by atoms with van der Waals surface area (Å²) >= 11 is 1.31. The molecule has 0 spiro atoms. The van der Waals surface area contributed by atoms with E-state index in [1.54, 1.807) is 32.9 Å². The quantitative estimate of drug-likeness (QED) is 0.792. The molecule has 1 N–H and O–H groups in total. The number of carbonyl (C=O) groups is 1. The third-order valence-electron chi connectivity index (χ3n) is 4.31. The number of anilines is 1. The predicted octanol–water partition coefficient (Wildman–Crippen LogP) is 2.65. The second-order valence-corrected chi connectivity index (χ2v) is 10.2. The summed E-state index contributed by atoms with van der Waals surface area (Å²) in [5, 5.41) is 2.78. The Morgan fingerprint density at radius 1 is 1.26 bits per heavy atom. The van der Waals surface area contributed by atoms with Gasteiger partial charge in [0.2, 0.25) is 10.0 Å². The van der Waals surface area contributed by atoms with Gasteiger partial charge in [-0.15, -0.1) is 11.3 Å². The summed E-state index contributed by atoms with van der Waals surface area (Å²) in [5.41, 5.74) is 0.849. The molecule has 1 atom stereocenters. The van der Waals surface area contributed by atoms with Crippen LogP contribution in [0.15, 0.2) is 30.3 Å². The Labute approximate surface area is 163 Å². The molecule has 2 heterocycles. The molecule has 0 bridgehead atoms. The van der Waals surface area contributed by atoms with Crippen LogP contribution >= 0.6 is 11.3 Å². The van der Waals surface area contributed by atoms with E-state index in [0.29, 0.717) is 30.4 Å². The van der Waals surface area contributed by atoms with Crippen LogP contribution in [0.3, 0.4) is 0 Å². The van der Waals surface area contributed by atoms with Crippen LogP contribution in [0.2, 0.25) is 0 Å². The zero-order valence-electron chi connectivity index (χ0n) is 15.5. The molecule has 1 amide bonds. The average molecular weight is 410 g/mol. The number of thiazole rings is 1. The molecule has 0 aliphatic carbocycles. The van der Waals surface area contributed by atoms with E-state index in [1.807, 2.05) is 18.2 Å². The summed E-state index contributed by atoms with van der Waals surface area (Å²) in [6.07, 6.45) is -0.130. The van der Waals surface area contributed by atoms with Crippen molar-refractivity contribution in [1.29, 1.82) is 0 Å². The first-order valence-corrected chi connectivity index (χ1v) is 11.1. The van der Waals surface area contributed by atoms with Gasteiger partial charge in [0.25, 0.3) is 5.91 Å². The van der Waals surface area contributed by atoms with Gasteiger partial charge in [-0.05, 0) is 32.9 Å². The van der Waals surface area contributed by atoms with E-state index in [9.17, 15) is 13.2 Å². The van der Waals surface area contributed by atoms with E-state index < -0.39 is 21.4 Å². The van der Waals surface area contributed by atoms with E-state index >= 15 is 0 Å². The number of rotatable bonds is 6. The number of benzene rings is 1. The average Bonchev–Trinajstić information content (AvgIpc) is 3.03. The molecule has 0 fully saturated rings. The lowest BCUT2D eigenvalue weighted by Gasteiger charge is -2.26. The SMILES string of the molecule is CC(Oc1ccccc1)C(=O)Nc1nc2c(s1)CN(S(=O)(=O)C(C)C)CC2. The molecule has 0 saturated carbocycles. The third-order valence-corrected chi connectivity index (χ3v) is 7.53. The molecule has 7 nitrogen and oxygen atoms in total. The second kappa shape index (κ2) is 7.95. The summed E-state index contributed by atoms with van der Waals surface area (Å²) in [7, 11) is -3.30. The van der Waals surface area contributed by atoms with Gasteiger partial charge in [0.05, 0.1) is 10.9 Å². The van der Waals surface area contributed by atoms with Gasteiger partial charge in [-0.1, -0.05) is 18.2 Å². The Kier molecular flexibility index (Phi) is 5.83. The summed E-state index contributed by atoms with van der Waals surface area (Å²) in [6, 6.07) is 9.13. The van der Waals surface area contributed by atoms with E-state index in [0.717, 1.165) is 10.6 Å². The molecule has 1 unspecified atom stereocenters. The van der Waals surface area contributed by atoms with Gasteiger partial charge < -0.3 is 4.74 Å². The molecule has 2 aromatic rings. The fraction of sp³-hybridized carbons (Fsp3) is 0.444. The largest absolute Gasteiger partial charge is 0.481 e. The number of nitrogens with zero attached hydrogens (tertiary/aromatic N) is 2. The highest BCUT2D eigenvalue weighted by atomic mass is 32.2. The predicted molar refractivity (Wildman–Crippen MR) is 105 cm³/mol. The minimum absolute atomic E-state index is 0.295. The Morgan fingerprint density at radius 3 is 2.63 bits per heavy atom. The maximum absolute atomic E-state index is 12.4. The van der Waals surface area contributed by atoms with Crippen LogP contribution in [-0.4, -0.2) is 41.5 Å². The van der Waals surface area contributed by atoms with Gasteiger partial charge >= 0.3 is 0 Å². The van der Waals surface area contributed by atoms with Crippen molar-refractivity contribution >= 4 is 32.4 Å². The monoisotopic (exact) mass is 409 g/mol. The van der Waals surface area contributed by atoms with Crippen LogP contribution in [-0.2, 0) is 27.8 Å². The summed E-state index contributed by atoms with van der Waals surface area (Å²) in [4.78, 5) is 17.7. The van der Waals surface area contributed by atoms with Gasteiger partial charge in [0.1, 0.15) is 5.75 Å². The topological polar surface area (TPSA) is 88.6 Å². The lowest BCUT2D eigenvalue weighted by atomic mass is 10.2. The minimum atomic E-state index is -3.30. The van der Waals surface area contributed by atoms with Crippen molar-refractivity contribution in [3.8, 4) is 5.75 Å². The molecule has 1 aromatic carbocycles. The fourth-order valence-corrected chi connectivity index (χ4v) is 5.06. The first kappa shape index (κ1) is 19.8. The number of nitrogens with one attached hydrogen (secondary N) is 1. The Hall–Kier alpha value is -1.97. The molecule has 27 heavy (non-hydrogen) atoms. The Balaban J connectivity index is 1.65. The van der Waals surface area contributed by atoms with E-state index in [1.165, 1.54) is 15.6 Å². The van der Waals surface area contributed by atoms with Gasteiger partial charge in [0, 0.05) is 24.4 Å². The standard InChI is InChI=1S/C18H23N3O4S2/c1-12(2)27(23,24)21-10-9-15-16(11-21)26-18(19-15)20-17(22)13(3)25-14-7-5-4-6-8-14/h4-8,12-13H,9-11H2,1-3H3,(H,19,20,22). The maximum Gasteiger partial charge on any atom is 0.266 e. The number of fused-ring (bicyclic) bond motifs is 1. The molecular weight excluding hydrogens is 386 g/mol. The normalized spacial score (nSPS) is 16.0. The number of aromatic nitrogens is 1. The summed E-state index contributed by atoms with van der Waals surface area (Å²) in [5.74, 6) is 0.324. The first-order valence-electron chi connectivity index (χ1n) is 8.77. The Morgan fingerprint density at radius 2 is 1.96 bits per heavy atom. The van der Waals surface area contributed by atoms with Crippen molar-refractivity contribution in [1.82, 2.24) is 9.29 Å². The van der Waals surface area contributed by atoms with E-state index in [-0.39, 0.29) is 5.91 Å². The smallest absolute Gasteiger partial charge is 0.266 e. The molecule has 1 aliphatic heterocycles. The zero-order chi connectivity index (χ0) is 19.6. The van der Waals surface area contributed by atoms with Crippen LogP contribution in [0.4, 0.5) is 5.13 Å². The fourth-order valence-electron chi connectivity index (χ4n) is 2.70. The lowest BCUT2D eigenvalue weighted by Crippen LogP contribution is -2.39. The van der Waals surface area contributed by atoms with Crippen molar-refractivity contribution in [2.24, 2.45) is 0 Å². The third kappa shape index (κ3) is 4.48. The highest BCUT2D eigenvalue weighted by Crippen LogP contribution is 2.30. The minimum Gasteiger partial charge on any atom is -0.481 e. The molecule has 146 valence electrons. The second-order valence-electron chi connectivity index (χ2n) is 6.63. The van der Waals surface area contributed by atoms with E-state index in [2.05, 4.69) is 10.3 Å². The van der Waals surface area contributed by atoms with Crippen LogP contribution in [0.1, 0.15) is 31.3 Å². The van der Waals surface area contributed by atoms with Crippen molar-refractivity contribution in [2.45, 2.75) is 45.1 Å². The molecular formula is C18H23N3O4S2. The number of carbonyl (C=O) groups excluding carboxylic acids is 1. The number of ether oxygens (including phenoxy) is 1. The number of hydrogen-bond acceptors (Lipinski definition) is 6. The highest BCUT2D eigenvalue weighted by Gasteiger charge is 2.31. The molecule has 0 saturated heterocycles.